The van der Waals surface area contributed by atoms with Gasteiger partial charge in [0, 0.05) is 0 Å². The van der Waals surface area contributed by atoms with Crippen LogP contribution in [0.25, 0.3) is 0 Å². The van der Waals surface area contributed by atoms with Gasteiger partial charge < -0.3 is 45.2 Å². The fraction of sp³-hybridized carbons (Fsp3) is 0. The van der Waals surface area contributed by atoms with E-state index in [0.29, 0.717) is 0 Å². The van der Waals surface area contributed by atoms with E-state index in [2.05, 4.69) is 0 Å². The molecule has 0 saturated heterocycles. The van der Waals surface area contributed by atoms with Gasteiger partial charge in [-0.05, 0) is 0 Å². The Bertz CT molecular complexity index is 105. The molecule has 0 aliphatic rings. The molecule has 0 bridgehead atoms. The van der Waals surface area contributed by atoms with E-state index in [-0.39, 0.29) is 79.3 Å². The molecule has 15 heteroatoms. The maximum atomic E-state index is 8.63. The van der Waals surface area contributed by atoms with Crippen molar-refractivity contribution < 1.29 is 98.1 Å². The Morgan fingerprint density at radius 3 is 0.600 bits per heavy atom. The zero-order chi connectivity index (χ0) is 4.50. The molecule has 0 atom stereocenters. The number of hydrogen-bond acceptors (Lipinski definition) is 10. The van der Waals surface area contributed by atoms with Crippen molar-refractivity contribution in [3.8, 4) is 0 Å². The van der Waals surface area contributed by atoms with Gasteiger partial charge in [-0.15, -0.1) is 0 Å². The number of quaternary nitrogens is 2. The second-order valence-electron chi connectivity index (χ2n) is 0.408. The van der Waals surface area contributed by atoms with Crippen molar-refractivity contribution in [2.75, 3.05) is 0 Å². The zero-order valence-corrected chi connectivity index (χ0v) is 11.6. The minimum atomic E-state index is -6.02. The van der Waals surface area contributed by atoms with Crippen LogP contribution in [-0.2, 0) is 57.7 Å². The number of rotatable bonds is 0. The Morgan fingerprint density at radius 1 is 0.600 bits per heavy atom. The first-order chi connectivity index (χ1) is 2.00. The molecular formula is H14Fe2MoN2O10. The van der Waals surface area contributed by atoms with Crippen molar-refractivity contribution in [1.82, 2.24) is 12.3 Å². The average Bonchev–Trinajstić information content (AvgIpc) is 0.722. The Labute approximate surface area is 110 Å². The molecule has 14 N–H and O–H groups in total. The van der Waals surface area contributed by atoms with Gasteiger partial charge in [0.05, 0.1) is 0 Å². The van der Waals surface area contributed by atoms with E-state index in [1.165, 1.54) is 0 Å². The Morgan fingerprint density at radius 2 is 0.600 bits per heavy atom. The Kier molecular flexibility index (Phi) is 588. The maximum absolute atomic E-state index is 8.63. The van der Waals surface area contributed by atoms with Crippen LogP contribution in [0.5, 0.6) is 0 Å². The summed E-state index contributed by atoms with van der Waals surface area (Å²) in [5.74, 6) is 0. The van der Waals surface area contributed by atoms with E-state index < -0.39 is 16.7 Å². The van der Waals surface area contributed by atoms with Crippen LogP contribution < -0.4 is 19.8 Å². The van der Waals surface area contributed by atoms with Crippen LogP contribution in [0, 0.1) is 0 Å². The van der Waals surface area contributed by atoms with Crippen molar-refractivity contribution in [2.24, 2.45) is 0 Å². The summed E-state index contributed by atoms with van der Waals surface area (Å²) in [5, 5.41) is 0. The van der Waals surface area contributed by atoms with Crippen molar-refractivity contribution in [2.45, 2.75) is 0 Å². The van der Waals surface area contributed by atoms with E-state index in [0.717, 1.165) is 0 Å². The topological polar surface area (TPSA) is 333 Å². The van der Waals surface area contributed by atoms with Crippen LogP contribution in [0.15, 0.2) is 0 Å². The summed E-state index contributed by atoms with van der Waals surface area (Å²) in [6.45, 7) is 0. The molecule has 0 heterocycles. The summed E-state index contributed by atoms with van der Waals surface area (Å²) in [6.07, 6.45) is 0. The van der Waals surface area contributed by atoms with E-state index in [9.17, 15) is 0 Å². The zero-order valence-electron chi connectivity index (χ0n) is 7.43. The van der Waals surface area contributed by atoms with Crippen molar-refractivity contribution >= 4 is 0 Å². The predicted octanol–water partition coefficient (Wildman–Crippen LogP) is -2.93. The second-order valence-corrected chi connectivity index (χ2v) is 2.42. The second kappa shape index (κ2) is 60.3. The fourth-order valence-electron chi connectivity index (χ4n) is 0. The molecule has 0 aromatic rings. The van der Waals surface area contributed by atoms with Crippen LogP contribution in [0.4, 0.5) is 0 Å². The summed E-state index contributed by atoms with van der Waals surface area (Å²) in [7, 11) is 0. The summed E-state index contributed by atoms with van der Waals surface area (Å²) < 4.78 is 34.5. The molecule has 15 heavy (non-hydrogen) atoms. The summed E-state index contributed by atoms with van der Waals surface area (Å²) in [4.78, 5) is 0. The molecule has 0 unspecified atom stereocenters. The Balaban J connectivity index is -0.00000000178. The molecule has 0 fully saturated rings. The van der Waals surface area contributed by atoms with Gasteiger partial charge in [-0.2, -0.15) is 0 Å². The van der Waals surface area contributed by atoms with E-state index in [4.69, 9.17) is 14.3 Å². The molecule has 0 aliphatic heterocycles. The van der Waals surface area contributed by atoms with E-state index in [1.54, 1.807) is 0 Å². The van der Waals surface area contributed by atoms with Gasteiger partial charge in [0.1, 0.15) is 0 Å². The van der Waals surface area contributed by atoms with Gasteiger partial charge in [0.2, 0.25) is 0 Å². The number of hydrogen-bond donors (Lipinski definition) is 2. The molecule has 12 nitrogen and oxygen atoms in total. The van der Waals surface area contributed by atoms with Gasteiger partial charge in [-0.25, -0.2) is 0 Å². The molecule has 0 aliphatic carbocycles. The van der Waals surface area contributed by atoms with Gasteiger partial charge in [-0.1, -0.05) is 0 Å². The van der Waals surface area contributed by atoms with Gasteiger partial charge in [0.25, 0.3) is 0 Å². The normalized spacial score (nSPS) is 3.87. The average molecular weight is 410 g/mol. The minimum absolute atomic E-state index is 0. The monoisotopic (exact) mass is 412 g/mol. The first-order valence-electron chi connectivity index (χ1n) is 0.667. The van der Waals surface area contributed by atoms with Crippen molar-refractivity contribution in [3.63, 3.8) is 0 Å². The third-order valence-electron chi connectivity index (χ3n) is 0. The molecule has 2 radical (unpaired) electrons. The standard InChI is InChI=1S/2Fe.Mo.2H3N.6H2O.4O/h;;;2*1H3;6*1H2;;;;/q2*+3;;;;;;;;;;;;2*-1/p-4. The quantitative estimate of drug-likeness (QED) is 0.383. The first kappa shape index (κ1) is 146. The van der Waals surface area contributed by atoms with Crippen LogP contribution in [-0.4, -0.2) is 32.9 Å². The third-order valence-corrected chi connectivity index (χ3v) is 0. The fourth-order valence-corrected chi connectivity index (χ4v) is 0. The van der Waals surface area contributed by atoms with Crippen molar-refractivity contribution in [1.29, 1.82) is 0 Å². The van der Waals surface area contributed by atoms with Crippen LogP contribution in [0.2, 0.25) is 0 Å². The summed E-state index contributed by atoms with van der Waals surface area (Å²) in [6, 6.07) is 0. The molecule has 106 valence electrons. The molecule has 0 aromatic carbocycles. The van der Waals surface area contributed by atoms with Gasteiger partial charge in [0.15, 0.2) is 0 Å². The SMILES string of the molecule is [Fe+3].[Fe+3].[NH4+].[NH4+].[OH-].[OH-].[OH-].[OH-].[OH-].[OH-].[O]=[Mo](=[O])([O-])[O-]. The molecule has 0 rings (SSSR count). The molecule has 0 aromatic heterocycles. The summed E-state index contributed by atoms with van der Waals surface area (Å²) in [5.41, 5.74) is 0. The Hall–Kier alpha value is 0.927. The summed E-state index contributed by atoms with van der Waals surface area (Å²) >= 11 is -6.02. The van der Waals surface area contributed by atoms with Gasteiger partial charge in [-0.3, -0.25) is 0 Å². The predicted molar refractivity (Wildman–Crippen MR) is 25.0 cm³/mol. The van der Waals surface area contributed by atoms with E-state index >= 15 is 0 Å². The van der Waals surface area contributed by atoms with Crippen LogP contribution in [0.1, 0.15) is 0 Å². The van der Waals surface area contributed by atoms with Crippen molar-refractivity contribution in [3.05, 3.63) is 0 Å². The van der Waals surface area contributed by atoms with Crippen LogP contribution in [0.3, 0.4) is 0 Å². The first-order valence-corrected chi connectivity index (χ1v) is 3.94. The molecule has 0 saturated carbocycles. The molecule has 0 spiro atoms. The van der Waals surface area contributed by atoms with Crippen LogP contribution >= 0.6 is 0 Å². The van der Waals surface area contributed by atoms with E-state index in [1.807, 2.05) is 0 Å². The molecular weight excluding hydrogens is 396 g/mol. The molecule has 0 amide bonds. The van der Waals surface area contributed by atoms with Gasteiger partial charge >= 0.3 is 65.2 Å². The third kappa shape index (κ3) is 2900.